The summed E-state index contributed by atoms with van der Waals surface area (Å²) in [6.45, 7) is 6.36. The van der Waals surface area contributed by atoms with Gasteiger partial charge in [0.25, 0.3) is 8.32 Å². The molecule has 0 unspecified atom stereocenters. The van der Waals surface area contributed by atoms with Crippen LogP contribution in [0.1, 0.15) is 33.6 Å². The van der Waals surface area contributed by atoms with Gasteiger partial charge in [0.15, 0.2) is 0 Å². The molecule has 3 aromatic carbocycles. The van der Waals surface area contributed by atoms with Crippen LogP contribution in [0.5, 0.6) is 0 Å². The number of benzene rings is 3. The Morgan fingerprint density at radius 1 is 0.812 bits per heavy atom. The molecular weight excluding hydrogens is 428 g/mol. The van der Waals surface area contributed by atoms with Gasteiger partial charge in [-0.25, -0.2) is 0 Å². The van der Waals surface area contributed by atoms with Crippen molar-refractivity contribution in [2.24, 2.45) is 5.41 Å². The molecule has 0 aliphatic heterocycles. The lowest BCUT2D eigenvalue weighted by atomic mass is 9.91. The van der Waals surface area contributed by atoms with Gasteiger partial charge in [-0.3, -0.25) is 4.79 Å². The Morgan fingerprint density at radius 2 is 1.25 bits per heavy atom. The Balaban J connectivity index is 1.78. The van der Waals surface area contributed by atoms with Crippen molar-refractivity contribution >= 4 is 39.6 Å². The first-order chi connectivity index (χ1) is 15.5. The number of hydrogen-bond acceptors (Lipinski definition) is 3. The second kappa shape index (κ2) is 11.4. The van der Waals surface area contributed by atoms with E-state index in [4.69, 9.17) is 8.85 Å². The van der Waals surface area contributed by atoms with Crippen molar-refractivity contribution in [2.75, 3.05) is 6.61 Å². The Bertz CT molecular complexity index is 863. The number of ether oxygens (including phenoxy) is 1. The second-order valence-corrected chi connectivity index (χ2v) is 14.1. The molecule has 0 amide bonds. The van der Waals surface area contributed by atoms with Gasteiger partial charge in [-0.15, -0.1) is 0 Å². The molecule has 0 aliphatic carbocycles. The fourth-order valence-corrected chi connectivity index (χ4v) is 10.9. The van der Waals surface area contributed by atoms with E-state index in [9.17, 15) is 4.79 Å². The molecule has 3 aromatic rings. The number of carbonyl (C=O) groups excluding carboxylic acids is 1. The normalized spacial score (nSPS) is 12.2. The topological polar surface area (TPSA) is 35.5 Å². The van der Waals surface area contributed by atoms with Crippen molar-refractivity contribution in [1.29, 1.82) is 0 Å². The molecule has 0 N–H and O–H groups in total. The second-order valence-electron chi connectivity index (χ2n) is 8.71. The summed E-state index contributed by atoms with van der Waals surface area (Å²) in [4.78, 5) is 12.2. The van der Waals surface area contributed by atoms with E-state index >= 15 is 0 Å². The van der Waals surface area contributed by atoms with Crippen LogP contribution < -0.4 is 15.6 Å². The lowest BCUT2D eigenvalue weighted by molar-refractivity contribution is -0.154. The predicted octanol–water partition coefficient (Wildman–Crippen LogP) is 3.54. The molecule has 0 aliphatic rings. The van der Waals surface area contributed by atoms with Crippen LogP contribution >= 0.6 is 0 Å². The van der Waals surface area contributed by atoms with Gasteiger partial charge >= 0.3 is 5.97 Å². The van der Waals surface area contributed by atoms with E-state index in [1.807, 2.05) is 20.8 Å². The Morgan fingerprint density at radius 3 is 1.66 bits per heavy atom. The summed E-state index contributed by atoms with van der Waals surface area (Å²) in [5, 5.41) is 3.79. The van der Waals surface area contributed by atoms with E-state index in [1.54, 1.807) is 0 Å². The maximum absolute atomic E-state index is 12.2. The van der Waals surface area contributed by atoms with Gasteiger partial charge in [0.2, 0.25) is 0 Å². The number of esters is 1. The lowest BCUT2D eigenvalue weighted by Crippen LogP contribution is -2.69. The third-order valence-corrected chi connectivity index (χ3v) is 12.8. The van der Waals surface area contributed by atoms with E-state index in [0.717, 1.165) is 18.9 Å². The van der Waals surface area contributed by atoms with E-state index in [-0.39, 0.29) is 5.97 Å². The van der Waals surface area contributed by atoms with Crippen LogP contribution in [-0.4, -0.2) is 30.7 Å². The van der Waals surface area contributed by atoms with Crippen molar-refractivity contribution in [1.82, 2.24) is 0 Å². The molecule has 0 saturated carbocycles. The van der Waals surface area contributed by atoms with Crippen molar-refractivity contribution in [3.05, 3.63) is 91.0 Å². The maximum atomic E-state index is 12.2. The van der Waals surface area contributed by atoms with Crippen LogP contribution in [0.15, 0.2) is 91.0 Å². The molecule has 0 saturated heterocycles. The van der Waals surface area contributed by atoms with E-state index in [2.05, 4.69) is 91.0 Å². The van der Waals surface area contributed by atoms with Gasteiger partial charge < -0.3 is 8.85 Å². The highest BCUT2D eigenvalue weighted by Gasteiger charge is 2.41. The van der Waals surface area contributed by atoms with Crippen molar-refractivity contribution < 1.29 is 13.6 Å². The SMILES string of the molecule is CCC(C)(C)C(=O)OCCC[SiH2]O[Si](c1ccccc1)(c1ccccc1)c1ccccc1. The van der Waals surface area contributed by atoms with Gasteiger partial charge in [-0.2, -0.15) is 0 Å². The quantitative estimate of drug-likeness (QED) is 0.189. The van der Waals surface area contributed by atoms with Gasteiger partial charge in [-0.05, 0) is 48.3 Å². The highest BCUT2D eigenvalue weighted by Crippen LogP contribution is 2.21. The molecular formula is C27H34O3Si2. The van der Waals surface area contributed by atoms with Crippen molar-refractivity contribution in [2.45, 2.75) is 39.7 Å². The Hall–Kier alpha value is -2.48. The molecule has 0 fully saturated rings. The third-order valence-electron chi connectivity index (χ3n) is 6.07. The van der Waals surface area contributed by atoms with E-state index in [0.29, 0.717) is 6.61 Å². The summed E-state index contributed by atoms with van der Waals surface area (Å²) in [7, 11) is -3.43. The molecule has 32 heavy (non-hydrogen) atoms. The third kappa shape index (κ3) is 5.65. The fraction of sp³-hybridized carbons (Fsp3) is 0.296. The van der Waals surface area contributed by atoms with Crippen LogP contribution in [0.4, 0.5) is 0 Å². The van der Waals surface area contributed by atoms with E-state index in [1.165, 1.54) is 15.6 Å². The van der Waals surface area contributed by atoms with Crippen LogP contribution in [-0.2, 0) is 13.6 Å². The average molecular weight is 463 g/mol. The van der Waals surface area contributed by atoms with Gasteiger partial charge in [0, 0.05) is 0 Å². The maximum Gasteiger partial charge on any atom is 0.311 e. The average Bonchev–Trinajstić information content (AvgIpc) is 2.85. The minimum absolute atomic E-state index is 0.107. The summed E-state index contributed by atoms with van der Waals surface area (Å²) in [5.41, 5.74) is -0.413. The standard InChI is InChI=1S/C27H34O3Si2/c1-4-27(2,3)26(28)29-21-14-22-31-30-32(23-15-8-5-9-16-23,24-17-10-6-11-18-24)25-19-12-7-13-20-25/h5-13,15-20H,4,14,21-22,31H2,1-3H3. The highest BCUT2D eigenvalue weighted by atomic mass is 28.4. The molecule has 0 radical (unpaired) electrons. The molecule has 0 spiro atoms. The number of carbonyl (C=O) groups is 1. The molecule has 3 nitrogen and oxygen atoms in total. The summed E-state index contributed by atoms with van der Waals surface area (Å²) in [6, 6.07) is 33.0. The number of rotatable bonds is 11. The molecule has 5 heteroatoms. The van der Waals surface area contributed by atoms with Crippen molar-refractivity contribution in [3.63, 3.8) is 0 Å². The van der Waals surface area contributed by atoms with Crippen LogP contribution in [0.3, 0.4) is 0 Å². The number of hydrogen-bond donors (Lipinski definition) is 0. The zero-order valence-electron chi connectivity index (χ0n) is 19.4. The monoisotopic (exact) mass is 462 g/mol. The first-order valence-electron chi connectivity index (χ1n) is 11.5. The van der Waals surface area contributed by atoms with E-state index < -0.39 is 23.5 Å². The smallest absolute Gasteiger partial charge is 0.311 e. The molecule has 0 aromatic heterocycles. The summed E-state index contributed by atoms with van der Waals surface area (Å²) < 4.78 is 12.5. The summed E-state index contributed by atoms with van der Waals surface area (Å²) in [5.74, 6) is -0.107. The molecule has 0 atom stereocenters. The van der Waals surface area contributed by atoms with Gasteiger partial charge in [0.05, 0.1) is 12.0 Å². The zero-order chi connectivity index (χ0) is 22.9. The molecule has 0 heterocycles. The summed E-state index contributed by atoms with van der Waals surface area (Å²) >= 11 is 0. The molecule has 168 valence electrons. The Labute approximate surface area is 195 Å². The van der Waals surface area contributed by atoms with Crippen LogP contribution in [0.25, 0.3) is 0 Å². The first-order valence-corrected chi connectivity index (χ1v) is 15.0. The highest BCUT2D eigenvalue weighted by molar-refractivity contribution is 7.08. The van der Waals surface area contributed by atoms with Gasteiger partial charge in [0.1, 0.15) is 9.76 Å². The largest absolute Gasteiger partial charge is 0.465 e. The molecule has 0 bridgehead atoms. The van der Waals surface area contributed by atoms with Crippen LogP contribution in [0, 0.1) is 5.41 Å². The van der Waals surface area contributed by atoms with Crippen molar-refractivity contribution in [3.8, 4) is 0 Å². The zero-order valence-corrected chi connectivity index (χ0v) is 21.8. The summed E-state index contributed by atoms with van der Waals surface area (Å²) in [6.07, 6.45) is 1.63. The minimum atomic E-state index is -2.59. The fourth-order valence-electron chi connectivity index (χ4n) is 3.70. The van der Waals surface area contributed by atoms with Crippen LogP contribution in [0.2, 0.25) is 6.04 Å². The molecule has 3 rings (SSSR count). The lowest BCUT2D eigenvalue weighted by Gasteiger charge is -2.33. The predicted molar refractivity (Wildman–Crippen MR) is 138 cm³/mol. The Kier molecular flexibility index (Phi) is 8.62. The van der Waals surface area contributed by atoms with Gasteiger partial charge in [-0.1, -0.05) is 97.9 Å². The first kappa shape index (κ1) is 24.2. The minimum Gasteiger partial charge on any atom is -0.465 e.